The fourth-order valence-corrected chi connectivity index (χ4v) is 2.13. The van der Waals surface area contributed by atoms with Gasteiger partial charge >= 0.3 is 0 Å². The van der Waals surface area contributed by atoms with Crippen molar-refractivity contribution in [2.24, 2.45) is 5.73 Å². The third-order valence-electron chi connectivity index (χ3n) is 2.77. The minimum absolute atomic E-state index is 0.0454. The molecule has 1 fully saturated rings. The van der Waals surface area contributed by atoms with Gasteiger partial charge in [0.2, 0.25) is 5.28 Å². The first-order valence-corrected chi connectivity index (χ1v) is 5.73. The number of aromatic nitrogens is 2. The Hall–Kier alpha value is -0.940. The van der Waals surface area contributed by atoms with Gasteiger partial charge in [-0.2, -0.15) is 4.98 Å². The number of nitrogens with one attached hydrogen (secondary N) is 1. The lowest BCUT2D eigenvalue weighted by Gasteiger charge is -2.27. The van der Waals surface area contributed by atoms with Crippen LogP contribution in [0.2, 0.25) is 5.28 Å². The van der Waals surface area contributed by atoms with Crippen LogP contribution in [-0.4, -0.2) is 22.1 Å². The summed E-state index contributed by atoms with van der Waals surface area (Å²) < 4.78 is 13.3. The van der Waals surface area contributed by atoms with Crippen molar-refractivity contribution in [3.63, 3.8) is 0 Å². The Morgan fingerprint density at radius 1 is 1.50 bits per heavy atom. The maximum absolute atomic E-state index is 13.3. The quantitative estimate of drug-likeness (QED) is 0.781. The summed E-state index contributed by atoms with van der Waals surface area (Å²) in [7, 11) is 0. The van der Waals surface area contributed by atoms with Crippen molar-refractivity contribution in [3.8, 4) is 0 Å². The zero-order chi connectivity index (χ0) is 11.5. The van der Waals surface area contributed by atoms with Crippen LogP contribution in [0.15, 0.2) is 6.20 Å². The van der Waals surface area contributed by atoms with E-state index in [1.165, 1.54) is 0 Å². The van der Waals surface area contributed by atoms with Gasteiger partial charge in [-0.1, -0.05) is 0 Å². The fourth-order valence-electron chi connectivity index (χ4n) is 2.00. The van der Waals surface area contributed by atoms with Gasteiger partial charge in [0.05, 0.1) is 6.20 Å². The maximum Gasteiger partial charge on any atom is 0.224 e. The van der Waals surface area contributed by atoms with Gasteiger partial charge in [-0.3, -0.25) is 0 Å². The first-order chi connectivity index (χ1) is 7.65. The molecular formula is C10H14ClFN4. The van der Waals surface area contributed by atoms with Crippen LogP contribution in [-0.2, 0) is 0 Å². The van der Waals surface area contributed by atoms with Crippen molar-refractivity contribution in [3.05, 3.63) is 17.3 Å². The van der Waals surface area contributed by atoms with Gasteiger partial charge in [0.15, 0.2) is 11.6 Å². The molecule has 1 heterocycles. The standard InChI is InChI=1S/C10H14ClFN4/c11-10-14-5-8(12)9(16-10)15-7-3-1-2-6(13)4-7/h5-7H,1-4,13H2,(H,14,15,16)/t6-,7+/m1/s1. The van der Waals surface area contributed by atoms with Crippen LogP contribution in [0.5, 0.6) is 0 Å². The molecule has 0 radical (unpaired) electrons. The smallest absolute Gasteiger partial charge is 0.224 e. The highest BCUT2D eigenvalue weighted by atomic mass is 35.5. The summed E-state index contributed by atoms with van der Waals surface area (Å²) in [6.07, 6.45) is 4.97. The maximum atomic E-state index is 13.3. The van der Waals surface area contributed by atoms with E-state index in [9.17, 15) is 4.39 Å². The molecule has 0 aliphatic heterocycles. The lowest BCUT2D eigenvalue weighted by Crippen LogP contribution is -2.35. The lowest BCUT2D eigenvalue weighted by atomic mass is 9.92. The first-order valence-electron chi connectivity index (χ1n) is 5.35. The Balaban J connectivity index is 2.05. The van der Waals surface area contributed by atoms with Crippen molar-refractivity contribution in [1.82, 2.24) is 9.97 Å². The number of nitrogens with zero attached hydrogens (tertiary/aromatic N) is 2. The molecule has 1 aromatic heterocycles. The molecule has 2 atom stereocenters. The molecule has 0 aromatic carbocycles. The van der Waals surface area contributed by atoms with Gasteiger partial charge in [0.1, 0.15) is 0 Å². The predicted octanol–water partition coefficient (Wildman–Crippen LogP) is 1.95. The van der Waals surface area contributed by atoms with E-state index in [4.69, 9.17) is 17.3 Å². The number of rotatable bonds is 2. The van der Waals surface area contributed by atoms with E-state index in [-0.39, 0.29) is 23.2 Å². The van der Waals surface area contributed by atoms with Crippen LogP contribution in [0.1, 0.15) is 25.7 Å². The Morgan fingerprint density at radius 2 is 2.31 bits per heavy atom. The number of anilines is 1. The molecule has 1 aliphatic carbocycles. The van der Waals surface area contributed by atoms with E-state index >= 15 is 0 Å². The molecule has 2 rings (SSSR count). The van der Waals surface area contributed by atoms with Crippen LogP contribution >= 0.6 is 11.6 Å². The first kappa shape index (κ1) is 11.5. The second kappa shape index (κ2) is 4.93. The van der Waals surface area contributed by atoms with Crippen LogP contribution in [0.25, 0.3) is 0 Å². The van der Waals surface area contributed by atoms with Gasteiger partial charge in [-0.05, 0) is 37.3 Å². The molecule has 0 amide bonds. The van der Waals surface area contributed by atoms with Crippen LogP contribution < -0.4 is 11.1 Å². The molecule has 1 saturated carbocycles. The summed E-state index contributed by atoms with van der Waals surface area (Å²) in [6, 6.07) is 0.357. The summed E-state index contributed by atoms with van der Waals surface area (Å²) in [4.78, 5) is 7.38. The summed E-state index contributed by atoms with van der Waals surface area (Å²) in [5.74, 6) is -0.317. The van der Waals surface area contributed by atoms with Crippen molar-refractivity contribution in [2.75, 3.05) is 5.32 Å². The van der Waals surface area contributed by atoms with Crippen molar-refractivity contribution in [1.29, 1.82) is 0 Å². The van der Waals surface area contributed by atoms with E-state index < -0.39 is 5.82 Å². The number of nitrogens with two attached hydrogens (primary N) is 1. The molecular weight excluding hydrogens is 231 g/mol. The van der Waals surface area contributed by atoms with Gasteiger partial charge in [-0.25, -0.2) is 9.37 Å². The average Bonchev–Trinajstić information content (AvgIpc) is 2.24. The molecule has 1 aliphatic rings. The zero-order valence-electron chi connectivity index (χ0n) is 8.79. The Bertz CT molecular complexity index is 374. The molecule has 4 nitrogen and oxygen atoms in total. The minimum Gasteiger partial charge on any atom is -0.365 e. The summed E-state index contributed by atoms with van der Waals surface area (Å²) >= 11 is 5.61. The van der Waals surface area contributed by atoms with Crippen molar-refractivity contribution in [2.45, 2.75) is 37.8 Å². The predicted molar refractivity (Wildman–Crippen MR) is 60.9 cm³/mol. The van der Waals surface area contributed by atoms with Crippen molar-refractivity contribution >= 4 is 17.4 Å². The Labute approximate surface area is 98.4 Å². The molecule has 0 saturated heterocycles. The summed E-state index contributed by atoms with van der Waals surface area (Å²) in [5, 5.41) is 3.08. The Morgan fingerprint density at radius 3 is 3.06 bits per heavy atom. The molecule has 6 heteroatoms. The van der Waals surface area contributed by atoms with E-state index in [2.05, 4.69) is 15.3 Å². The topological polar surface area (TPSA) is 63.8 Å². The van der Waals surface area contributed by atoms with E-state index in [1.807, 2.05) is 0 Å². The SMILES string of the molecule is N[C@@H]1CCC[C@H](Nc2nc(Cl)ncc2F)C1. The number of halogens is 2. The fraction of sp³-hybridized carbons (Fsp3) is 0.600. The molecule has 16 heavy (non-hydrogen) atoms. The molecule has 3 N–H and O–H groups in total. The highest BCUT2D eigenvalue weighted by Crippen LogP contribution is 2.21. The van der Waals surface area contributed by atoms with Gasteiger partial charge in [-0.15, -0.1) is 0 Å². The van der Waals surface area contributed by atoms with E-state index in [0.29, 0.717) is 0 Å². The normalized spacial score (nSPS) is 25.4. The summed E-state index contributed by atoms with van der Waals surface area (Å²) in [5.41, 5.74) is 5.85. The highest BCUT2D eigenvalue weighted by molar-refractivity contribution is 6.28. The van der Waals surface area contributed by atoms with Crippen LogP contribution in [0.4, 0.5) is 10.2 Å². The van der Waals surface area contributed by atoms with Gasteiger partial charge in [0, 0.05) is 12.1 Å². The number of hydrogen-bond donors (Lipinski definition) is 2. The second-order valence-electron chi connectivity index (χ2n) is 4.10. The monoisotopic (exact) mass is 244 g/mol. The van der Waals surface area contributed by atoms with E-state index in [1.54, 1.807) is 0 Å². The molecule has 0 bridgehead atoms. The lowest BCUT2D eigenvalue weighted by molar-refractivity contribution is 0.407. The molecule has 0 spiro atoms. The third-order valence-corrected chi connectivity index (χ3v) is 2.95. The van der Waals surface area contributed by atoms with Gasteiger partial charge in [0.25, 0.3) is 0 Å². The molecule has 88 valence electrons. The van der Waals surface area contributed by atoms with Crippen molar-refractivity contribution < 1.29 is 4.39 Å². The number of hydrogen-bond acceptors (Lipinski definition) is 4. The molecule has 0 unspecified atom stereocenters. The van der Waals surface area contributed by atoms with Crippen LogP contribution in [0.3, 0.4) is 0 Å². The Kier molecular flexibility index (Phi) is 3.56. The minimum atomic E-state index is -0.483. The second-order valence-corrected chi connectivity index (χ2v) is 4.44. The van der Waals surface area contributed by atoms with E-state index in [0.717, 1.165) is 31.9 Å². The molecule has 1 aromatic rings. The summed E-state index contributed by atoms with van der Waals surface area (Å²) in [6.45, 7) is 0. The zero-order valence-corrected chi connectivity index (χ0v) is 9.54. The van der Waals surface area contributed by atoms with Gasteiger partial charge < -0.3 is 11.1 Å². The average molecular weight is 245 g/mol. The largest absolute Gasteiger partial charge is 0.365 e. The van der Waals surface area contributed by atoms with Crippen LogP contribution in [0, 0.1) is 5.82 Å². The third kappa shape index (κ3) is 2.80. The highest BCUT2D eigenvalue weighted by Gasteiger charge is 2.20.